The van der Waals surface area contributed by atoms with Crippen LogP contribution in [0, 0.1) is 0 Å². The van der Waals surface area contributed by atoms with E-state index in [-0.39, 0.29) is 0 Å². The highest BCUT2D eigenvalue weighted by Gasteiger charge is 2.22. The average molecular weight is 139 g/mol. The average Bonchev–Trinajstić information content (AvgIpc) is 1.77. The Morgan fingerprint density at radius 3 is 2.75 bits per heavy atom. The van der Waals surface area contributed by atoms with Gasteiger partial charge in [-0.15, -0.1) is 11.6 Å². The van der Waals surface area contributed by atoms with Gasteiger partial charge in [0.05, 0.1) is 12.0 Å². The van der Waals surface area contributed by atoms with Gasteiger partial charge in [0, 0.05) is 0 Å². The summed E-state index contributed by atoms with van der Waals surface area (Å²) in [6.07, 6.45) is 0.391. The van der Waals surface area contributed by atoms with Crippen molar-refractivity contribution in [3.8, 4) is 0 Å². The lowest BCUT2D eigenvalue weighted by Gasteiger charge is -2.20. The molecule has 3 heteroatoms. The van der Waals surface area contributed by atoms with Gasteiger partial charge in [-0.2, -0.15) is 0 Å². The fraction of sp³-hybridized carbons (Fsp3) is 1.00. The predicted octanol–water partition coefficient (Wildman–Crippen LogP) is 1.70. The molecule has 8 heavy (non-hydrogen) atoms. The Morgan fingerprint density at radius 1 is 1.62 bits per heavy atom. The summed E-state index contributed by atoms with van der Waals surface area (Å²) in [5, 5.41) is -0.413. The van der Waals surface area contributed by atoms with Gasteiger partial charge >= 0.3 is 0 Å². The lowest BCUT2D eigenvalue weighted by Crippen LogP contribution is -2.25. The van der Waals surface area contributed by atoms with Gasteiger partial charge in [-0.25, -0.2) is 4.39 Å². The molecule has 0 unspecified atom stereocenters. The maximum atomic E-state index is 12.2. The molecule has 1 aliphatic heterocycles. The van der Waals surface area contributed by atoms with Crippen molar-refractivity contribution in [3.63, 3.8) is 0 Å². The molecule has 1 heterocycles. The number of hydrogen-bond donors (Lipinski definition) is 0. The van der Waals surface area contributed by atoms with Crippen LogP contribution >= 0.6 is 11.6 Å². The van der Waals surface area contributed by atoms with Gasteiger partial charge in [0.1, 0.15) is 0 Å². The molecule has 48 valence electrons. The van der Waals surface area contributed by atoms with Crippen LogP contribution in [0.25, 0.3) is 0 Å². The summed E-state index contributed by atoms with van der Waals surface area (Å²) in [5.41, 5.74) is 0. The van der Waals surface area contributed by atoms with E-state index in [1.54, 1.807) is 0 Å². The largest absolute Gasteiger partial charge is 0.347 e. The van der Waals surface area contributed by atoms with E-state index in [9.17, 15) is 4.39 Å². The molecule has 0 aliphatic carbocycles. The van der Waals surface area contributed by atoms with Gasteiger partial charge in [-0.3, -0.25) is 0 Å². The number of hydrogen-bond acceptors (Lipinski definition) is 1. The van der Waals surface area contributed by atoms with Crippen molar-refractivity contribution in [2.75, 3.05) is 6.61 Å². The molecular formula is C5H8ClFO. The van der Waals surface area contributed by atoms with E-state index in [4.69, 9.17) is 11.6 Å². The van der Waals surface area contributed by atoms with Crippen molar-refractivity contribution in [2.45, 2.75) is 24.6 Å². The third-order valence-corrected chi connectivity index (χ3v) is 1.60. The van der Waals surface area contributed by atoms with Crippen LogP contribution < -0.4 is 0 Å². The second-order valence-electron chi connectivity index (χ2n) is 1.88. The van der Waals surface area contributed by atoms with E-state index in [2.05, 4.69) is 4.74 Å². The number of rotatable bonds is 0. The Kier molecular flexibility index (Phi) is 2.08. The van der Waals surface area contributed by atoms with Crippen molar-refractivity contribution in [3.05, 3.63) is 0 Å². The third kappa shape index (κ3) is 1.33. The van der Waals surface area contributed by atoms with Crippen molar-refractivity contribution >= 4 is 11.6 Å². The van der Waals surface area contributed by atoms with Crippen LogP contribution in [-0.4, -0.2) is 18.3 Å². The molecule has 1 rings (SSSR count). The van der Waals surface area contributed by atoms with E-state index in [1.165, 1.54) is 0 Å². The highest BCUT2D eigenvalue weighted by molar-refractivity contribution is 6.20. The molecule has 1 saturated heterocycles. The molecule has 0 N–H and O–H groups in total. The minimum Gasteiger partial charge on any atom is -0.347 e. The summed E-state index contributed by atoms with van der Waals surface area (Å²) >= 11 is 5.47. The van der Waals surface area contributed by atoms with E-state index >= 15 is 0 Å². The van der Waals surface area contributed by atoms with Crippen LogP contribution in [0.4, 0.5) is 4.39 Å². The standard InChI is InChI=1S/C5H8ClFO/c6-4-2-1-3-8-5(4)7/h4-5H,1-3H2/t4-,5-/m1/s1. The molecule has 0 spiro atoms. The van der Waals surface area contributed by atoms with Gasteiger partial charge in [0.15, 0.2) is 0 Å². The summed E-state index contributed by atoms with van der Waals surface area (Å²) in [4.78, 5) is 0. The van der Waals surface area contributed by atoms with Gasteiger partial charge in [-0.05, 0) is 12.8 Å². The summed E-state index contributed by atoms with van der Waals surface area (Å²) < 4.78 is 16.8. The van der Waals surface area contributed by atoms with Gasteiger partial charge in [-0.1, -0.05) is 0 Å². The highest BCUT2D eigenvalue weighted by atomic mass is 35.5. The van der Waals surface area contributed by atoms with Crippen LogP contribution in [0.5, 0.6) is 0 Å². The fourth-order valence-corrected chi connectivity index (χ4v) is 0.937. The first-order valence-electron chi connectivity index (χ1n) is 2.70. The predicted molar refractivity (Wildman–Crippen MR) is 29.7 cm³/mol. The molecule has 0 saturated carbocycles. The van der Waals surface area contributed by atoms with Gasteiger partial charge in [0.25, 0.3) is 0 Å². The molecule has 0 aromatic heterocycles. The van der Waals surface area contributed by atoms with Crippen LogP contribution in [0.1, 0.15) is 12.8 Å². The molecule has 1 fully saturated rings. The van der Waals surface area contributed by atoms with Crippen LogP contribution in [0.3, 0.4) is 0 Å². The van der Waals surface area contributed by atoms with Gasteiger partial charge in [0.2, 0.25) is 6.36 Å². The third-order valence-electron chi connectivity index (χ3n) is 1.19. The monoisotopic (exact) mass is 138 g/mol. The summed E-state index contributed by atoms with van der Waals surface area (Å²) in [7, 11) is 0. The first-order chi connectivity index (χ1) is 3.80. The van der Waals surface area contributed by atoms with Crippen LogP contribution in [-0.2, 0) is 4.74 Å². The van der Waals surface area contributed by atoms with Gasteiger partial charge < -0.3 is 4.74 Å². The van der Waals surface area contributed by atoms with Crippen molar-refractivity contribution < 1.29 is 9.13 Å². The first kappa shape index (κ1) is 6.30. The molecule has 2 atom stereocenters. The molecular weight excluding hydrogens is 131 g/mol. The Balaban J connectivity index is 2.28. The molecule has 1 nitrogen and oxygen atoms in total. The number of alkyl halides is 2. The van der Waals surface area contributed by atoms with Crippen molar-refractivity contribution in [1.29, 1.82) is 0 Å². The van der Waals surface area contributed by atoms with Crippen molar-refractivity contribution in [1.82, 2.24) is 0 Å². The molecule has 0 amide bonds. The first-order valence-corrected chi connectivity index (χ1v) is 3.14. The van der Waals surface area contributed by atoms with Crippen LogP contribution in [0.15, 0.2) is 0 Å². The topological polar surface area (TPSA) is 9.23 Å². The smallest absolute Gasteiger partial charge is 0.215 e. The zero-order chi connectivity index (χ0) is 5.98. The molecule has 0 aromatic rings. The Hall–Kier alpha value is 0.180. The number of ether oxygens (including phenoxy) is 1. The minimum atomic E-state index is -1.23. The highest BCUT2D eigenvalue weighted by Crippen LogP contribution is 2.19. The Morgan fingerprint density at radius 2 is 2.38 bits per heavy atom. The summed E-state index contributed by atoms with van der Waals surface area (Å²) in [5.74, 6) is 0. The normalized spacial score (nSPS) is 39.8. The minimum absolute atomic E-state index is 0.413. The van der Waals surface area contributed by atoms with E-state index < -0.39 is 11.7 Å². The van der Waals surface area contributed by atoms with Crippen molar-refractivity contribution in [2.24, 2.45) is 0 Å². The molecule has 0 aromatic carbocycles. The van der Waals surface area contributed by atoms with E-state index in [0.29, 0.717) is 6.61 Å². The zero-order valence-corrected chi connectivity index (χ0v) is 5.20. The van der Waals surface area contributed by atoms with Crippen LogP contribution in [0.2, 0.25) is 0 Å². The SMILES string of the molecule is F[C@@H]1OCCC[C@H]1Cl. The quantitative estimate of drug-likeness (QED) is 0.463. The molecule has 0 radical (unpaired) electrons. The molecule has 0 bridgehead atoms. The fourth-order valence-electron chi connectivity index (χ4n) is 0.710. The summed E-state index contributed by atoms with van der Waals surface area (Å²) in [6, 6.07) is 0. The Labute approximate surface area is 52.8 Å². The lowest BCUT2D eigenvalue weighted by molar-refractivity contribution is -0.0643. The van der Waals surface area contributed by atoms with E-state index in [0.717, 1.165) is 12.8 Å². The second kappa shape index (κ2) is 2.65. The van der Waals surface area contributed by atoms with E-state index in [1.807, 2.05) is 0 Å². The molecule has 1 aliphatic rings. The lowest BCUT2D eigenvalue weighted by atomic mass is 10.2. The zero-order valence-electron chi connectivity index (χ0n) is 4.44. The second-order valence-corrected chi connectivity index (χ2v) is 2.44. The Bertz CT molecular complexity index is 68.8. The number of halogens is 2. The maximum absolute atomic E-state index is 12.2. The maximum Gasteiger partial charge on any atom is 0.215 e. The summed E-state index contributed by atoms with van der Waals surface area (Å²) in [6.45, 7) is 0.518.